The SMILES string of the molecule is COc1cc2cc(c1Cl)N(C)C(=O)C[C@H](OC(=O)Nc1cc(N3CCCC3)c([N+](=O)[O-])cc1C)[C@]1(C)O[C@H]1[C@H](C)[C@@H]1C[C@@](O)(NC(=O)O1)[C@H](OC)/C=C/C=C(\C)C2. The van der Waals surface area contributed by atoms with Gasteiger partial charge in [0, 0.05) is 51.3 Å². The third-order valence-electron chi connectivity index (χ3n) is 11.4. The highest BCUT2D eigenvalue weighted by Gasteiger charge is 2.64. The average molecular weight is 812 g/mol. The molecular formula is C40H50ClN5O11. The minimum absolute atomic E-state index is 0.0685. The van der Waals surface area contributed by atoms with Gasteiger partial charge in [0.2, 0.25) is 5.91 Å². The number of allylic oxidation sites excluding steroid dienone is 3. The fourth-order valence-electron chi connectivity index (χ4n) is 8.05. The molecule has 4 aliphatic heterocycles. The lowest BCUT2D eigenvalue weighted by molar-refractivity contribution is -0.384. The smallest absolute Gasteiger partial charge is 0.412 e. The number of aryl methyl sites for hydroxylation is 1. The summed E-state index contributed by atoms with van der Waals surface area (Å²) in [7, 11) is 4.47. The van der Waals surface area contributed by atoms with Crippen molar-refractivity contribution in [3.8, 4) is 5.75 Å². The number of fused-ring (bicyclic) bond motifs is 5. The lowest BCUT2D eigenvalue weighted by Gasteiger charge is -2.42. The molecule has 2 aromatic rings. The molecule has 0 radical (unpaired) electrons. The summed E-state index contributed by atoms with van der Waals surface area (Å²) in [5.74, 6) is -0.665. The summed E-state index contributed by atoms with van der Waals surface area (Å²) < 4.78 is 29.2. The number of carbonyl (C=O) groups is 3. The predicted octanol–water partition coefficient (Wildman–Crippen LogP) is 6.19. The number of halogens is 1. The highest BCUT2D eigenvalue weighted by molar-refractivity contribution is 6.35. The maximum atomic E-state index is 14.2. The number of nitrogens with one attached hydrogen (secondary N) is 2. The Morgan fingerprint density at radius 1 is 1.14 bits per heavy atom. The van der Waals surface area contributed by atoms with Gasteiger partial charge in [0.1, 0.15) is 40.4 Å². The Bertz CT molecular complexity index is 1990. The molecule has 3 fully saturated rings. The van der Waals surface area contributed by atoms with E-state index in [4.69, 9.17) is 35.3 Å². The van der Waals surface area contributed by atoms with Crippen LogP contribution >= 0.6 is 11.6 Å². The van der Waals surface area contributed by atoms with Gasteiger partial charge in [0.05, 0.1) is 30.2 Å². The molecule has 0 unspecified atom stereocenters. The van der Waals surface area contributed by atoms with Crippen LogP contribution in [-0.2, 0) is 30.2 Å². The van der Waals surface area contributed by atoms with E-state index < -0.39 is 64.7 Å². The summed E-state index contributed by atoms with van der Waals surface area (Å²) in [5.41, 5.74) is 0.0311. The number of ether oxygens (including phenoxy) is 5. The van der Waals surface area contributed by atoms with E-state index in [-0.39, 0.29) is 23.6 Å². The van der Waals surface area contributed by atoms with Gasteiger partial charge in [0.25, 0.3) is 5.69 Å². The first-order valence-electron chi connectivity index (χ1n) is 18.9. The number of amides is 3. The van der Waals surface area contributed by atoms with E-state index in [2.05, 4.69) is 10.6 Å². The molecule has 308 valence electrons. The van der Waals surface area contributed by atoms with Gasteiger partial charge in [-0.25, -0.2) is 9.59 Å². The van der Waals surface area contributed by atoms with Crippen LogP contribution < -0.4 is 25.2 Å². The molecule has 3 saturated heterocycles. The molecule has 0 aliphatic carbocycles. The number of anilines is 3. The van der Waals surface area contributed by atoms with Crippen molar-refractivity contribution in [3.05, 3.63) is 74.3 Å². The van der Waals surface area contributed by atoms with E-state index in [0.29, 0.717) is 47.9 Å². The number of hydrogen-bond donors (Lipinski definition) is 3. The average Bonchev–Trinajstić information content (AvgIpc) is 3.55. The van der Waals surface area contributed by atoms with Crippen molar-refractivity contribution >= 4 is 52.4 Å². The topological polar surface area (TPSA) is 195 Å². The van der Waals surface area contributed by atoms with E-state index >= 15 is 0 Å². The van der Waals surface area contributed by atoms with Crippen molar-refractivity contribution in [2.45, 2.75) is 95.5 Å². The maximum Gasteiger partial charge on any atom is 0.412 e. The number of nitrogens with zero attached hydrogens (tertiary/aromatic N) is 3. The van der Waals surface area contributed by atoms with Crippen LogP contribution in [0.1, 0.15) is 57.6 Å². The molecule has 16 nitrogen and oxygen atoms in total. The monoisotopic (exact) mass is 811 g/mol. The van der Waals surface area contributed by atoms with Crippen molar-refractivity contribution in [2.24, 2.45) is 5.92 Å². The second-order valence-corrected chi connectivity index (χ2v) is 15.8. The molecule has 3 N–H and O–H groups in total. The number of alkyl carbamates (subject to hydrolysis) is 1. The van der Waals surface area contributed by atoms with Gasteiger partial charge >= 0.3 is 12.2 Å². The minimum Gasteiger partial charge on any atom is -0.495 e. The predicted molar refractivity (Wildman–Crippen MR) is 212 cm³/mol. The van der Waals surface area contributed by atoms with Crippen molar-refractivity contribution in [1.29, 1.82) is 0 Å². The number of nitro benzene ring substituents is 1. The largest absolute Gasteiger partial charge is 0.495 e. The Balaban J connectivity index is 1.36. The number of aliphatic hydroxyl groups is 1. The number of benzene rings is 2. The molecule has 0 saturated carbocycles. The second-order valence-electron chi connectivity index (χ2n) is 15.4. The zero-order valence-electron chi connectivity index (χ0n) is 33.1. The number of carbonyl (C=O) groups excluding carboxylic acids is 3. The molecule has 2 aromatic carbocycles. The van der Waals surface area contributed by atoms with Gasteiger partial charge in [-0.3, -0.25) is 25.5 Å². The Morgan fingerprint density at radius 3 is 2.53 bits per heavy atom. The lowest BCUT2D eigenvalue weighted by atomic mass is 9.83. The summed E-state index contributed by atoms with van der Waals surface area (Å²) in [6.07, 6.45) is 1.54. The highest BCUT2D eigenvalue weighted by atomic mass is 35.5. The van der Waals surface area contributed by atoms with Gasteiger partial charge in [0.15, 0.2) is 5.72 Å². The van der Waals surface area contributed by atoms with Crippen LogP contribution in [0.4, 0.5) is 32.3 Å². The summed E-state index contributed by atoms with van der Waals surface area (Å²) in [6, 6.07) is 6.55. The maximum absolute atomic E-state index is 14.2. The molecule has 4 bridgehead atoms. The lowest BCUT2D eigenvalue weighted by Crippen LogP contribution is -2.63. The van der Waals surface area contributed by atoms with Crippen LogP contribution in [0.25, 0.3) is 0 Å². The fraction of sp³-hybridized carbons (Fsp3) is 0.525. The highest BCUT2D eigenvalue weighted by Crippen LogP contribution is 2.49. The van der Waals surface area contributed by atoms with Crippen LogP contribution in [0.3, 0.4) is 0 Å². The van der Waals surface area contributed by atoms with Crippen LogP contribution in [0.2, 0.25) is 5.02 Å². The summed E-state index contributed by atoms with van der Waals surface area (Å²) in [5, 5.41) is 29.2. The summed E-state index contributed by atoms with van der Waals surface area (Å²) in [6.45, 7) is 8.33. The number of hydrogen-bond acceptors (Lipinski definition) is 12. The van der Waals surface area contributed by atoms with Gasteiger partial charge < -0.3 is 38.6 Å². The third kappa shape index (κ3) is 8.68. The summed E-state index contributed by atoms with van der Waals surface area (Å²) >= 11 is 6.78. The number of methoxy groups -OCH3 is 2. The normalized spacial score (nSPS) is 30.6. The van der Waals surface area contributed by atoms with Crippen LogP contribution in [0, 0.1) is 23.0 Å². The first-order chi connectivity index (χ1) is 27.0. The first kappa shape index (κ1) is 41.7. The van der Waals surface area contributed by atoms with Crippen molar-refractivity contribution < 1.29 is 48.1 Å². The third-order valence-corrected chi connectivity index (χ3v) is 11.8. The van der Waals surface area contributed by atoms with Gasteiger partial charge in [-0.15, -0.1) is 0 Å². The second kappa shape index (κ2) is 16.5. The van der Waals surface area contributed by atoms with Crippen molar-refractivity contribution in [3.63, 3.8) is 0 Å². The first-order valence-corrected chi connectivity index (χ1v) is 19.3. The Kier molecular flexibility index (Phi) is 12.1. The van der Waals surface area contributed by atoms with Gasteiger partial charge in [-0.05, 0) is 69.4 Å². The standard InChI is InChI=1S/C40H50ClN5O11/c1-22-11-10-12-32(54-7)40(50)21-31(55-38(49)43-40)24(3)36-39(4,57-36)33(20-34(47)44(5)29-17-25(15-22)18-30(53-6)35(29)41)56-37(48)42-26-19-27(45-13-8-9-14-45)28(46(51)52)16-23(26)2/h10-12,16-19,24,31-33,36,50H,8-9,13-15,20-21H2,1-7H3,(H,42,48)(H,43,49)/b12-10+,22-11+/t24-,31+,32-,33+,36+,39+,40+/m1/s1. The molecule has 0 spiro atoms. The number of nitro groups is 1. The van der Waals surface area contributed by atoms with Crippen molar-refractivity contribution in [2.75, 3.05) is 49.5 Å². The van der Waals surface area contributed by atoms with E-state index in [9.17, 15) is 29.6 Å². The van der Waals surface area contributed by atoms with Gasteiger partial charge in [-0.2, -0.15) is 0 Å². The minimum atomic E-state index is -1.85. The molecular weight excluding hydrogens is 762 g/mol. The van der Waals surface area contributed by atoms with Crippen LogP contribution in [0.15, 0.2) is 48.1 Å². The molecule has 4 heterocycles. The molecule has 0 aromatic heterocycles. The summed E-state index contributed by atoms with van der Waals surface area (Å²) in [4.78, 5) is 55.8. The van der Waals surface area contributed by atoms with Crippen LogP contribution in [-0.4, -0.2) is 98.2 Å². The quantitative estimate of drug-likeness (QED) is 0.170. The fourth-order valence-corrected chi connectivity index (χ4v) is 8.36. The van der Waals surface area contributed by atoms with Crippen molar-refractivity contribution in [1.82, 2.24) is 5.32 Å². The Hall–Kier alpha value is -4.90. The number of epoxide rings is 1. The molecule has 7 atom stereocenters. The zero-order valence-corrected chi connectivity index (χ0v) is 33.9. The Labute approximate surface area is 336 Å². The molecule has 3 amide bonds. The molecule has 57 heavy (non-hydrogen) atoms. The van der Waals surface area contributed by atoms with E-state index in [1.165, 1.54) is 25.2 Å². The van der Waals surface area contributed by atoms with E-state index in [0.717, 1.165) is 24.0 Å². The molecule has 6 rings (SSSR count). The zero-order chi connectivity index (χ0) is 41.4. The van der Waals surface area contributed by atoms with E-state index in [1.807, 2.05) is 17.9 Å². The van der Waals surface area contributed by atoms with Crippen LogP contribution in [0.5, 0.6) is 5.75 Å². The molecule has 17 heteroatoms. The number of rotatable bonds is 6. The van der Waals surface area contributed by atoms with Gasteiger partial charge in [-0.1, -0.05) is 42.3 Å². The van der Waals surface area contributed by atoms with E-state index in [1.54, 1.807) is 58.2 Å². The molecule has 4 aliphatic rings. The Morgan fingerprint density at radius 2 is 1.86 bits per heavy atom.